The van der Waals surface area contributed by atoms with Gasteiger partial charge in [-0.1, -0.05) is 0 Å². The molecule has 100 valence electrons. The largest absolute Gasteiger partial charge is 0.481 e. The molecule has 0 saturated heterocycles. The molecule has 0 fully saturated rings. The number of aryl methyl sites for hydroxylation is 1. The summed E-state index contributed by atoms with van der Waals surface area (Å²) in [6.07, 6.45) is 0.981. The highest BCUT2D eigenvalue weighted by molar-refractivity contribution is 7.90. The van der Waals surface area contributed by atoms with Crippen LogP contribution in [0.5, 0.6) is 0 Å². The van der Waals surface area contributed by atoms with Gasteiger partial charge in [-0.2, -0.15) is 0 Å². The molecule has 0 saturated carbocycles. The van der Waals surface area contributed by atoms with Crippen molar-refractivity contribution in [3.63, 3.8) is 0 Å². The van der Waals surface area contributed by atoms with Gasteiger partial charge in [0.1, 0.15) is 5.82 Å². The molecule has 3 N–H and O–H groups in total. The van der Waals surface area contributed by atoms with Crippen molar-refractivity contribution in [2.75, 3.05) is 12.8 Å². The zero-order chi connectivity index (χ0) is 14.1. The smallest absolute Gasteiger partial charge is 0.312 e. The van der Waals surface area contributed by atoms with Crippen LogP contribution in [0.15, 0.2) is 17.0 Å². The normalized spacial score (nSPS) is 13.3. The van der Waals surface area contributed by atoms with Crippen LogP contribution in [0.3, 0.4) is 0 Å². The van der Waals surface area contributed by atoms with Crippen molar-refractivity contribution in [1.29, 1.82) is 0 Å². The van der Waals surface area contributed by atoms with Gasteiger partial charge >= 0.3 is 5.97 Å². The molecule has 1 atom stereocenters. The number of rotatable bonds is 4. The highest BCUT2D eigenvalue weighted by atomic mass is 32.2. The second-order valence-electron chi connectivity index (χ2n) is 4.04. The number of carboxylic acid groups (broad SMARTS) is 1. The zero-order valence-corrected chi connectivity index (χ0v) is 10.8. The maximum absolute atomic E-state index is 13.7. The average molecular weight is 275 g/mol. The third-order valence-electron chi connectivity index (χ3n) is 2.60. The van der Waals surface area contributed by atoms with Crippen LogP contribution in [0.4, 0.5) is 4.39 Å². The van der Waals surface area contributed by atoms with Gasteiger partial charge in [0.05, 0.1) is 10.8 Å². The second kappa shape index (κ2) is 5.03. The Balaban J connectivity index is 3.52. The Bertz CT molecular complexity index is 583. The minimum atomic E-state index is -3.54. The third kappa shape index (κ3) is 2.85. The van der Waals surface area contributed by atoms with Gasteiger partial charge in [0.25, 0.3) is 0 Å². The fourth-order valence-electron chi connectivity index (χ4n) is 1.70. The lowest BCUT2D eigenvalue weighted by Crippen LogP contribution is -2.22. The minimum Gasteiger partial charge on any atom is -0.481 e. The van der Waals surface area contributed by atoms with E-state index in [0.29, 0.717) is 0 Å². The molecule has 18 heavy (non-hydrogen) atoms. The second-order valence-corrected chi connectivity index (χ2v) is 6.02. The lowest BCUT2D eigenvalue weighted by atomic mass is 9.97. The molecule has 0 aliphatic rings. The first-order chi connectivity index (χ1) is 8.18. The summed E-state index contributed by atoms with van der Waals surface area (Å²) in [7, 11) is -3.54. The number of hydrogen-bond donors (Lipinski definition) is 2. The number of aliphatic carboxylic acids is 1. The van der Waals surface area contributed by atoms with Crippen LogP contribution < -0.4 is 5.73 Å². The van der Waals surface area contributed by atoms with Crippen LogP contribution in [-0.4, -0.2) is 32.3 Å². The third-order valence-corrected chi connectivity index (χ3v) is 3.84. The lowest BCUT2D eigenvalue weighted by molar-refractivity contribution is -0.138. The summed E-state index contributed by atoms with van der Waals surface area (Å²) >= 11 is 0. The molecule has 1 unspecified atom stereocenters. The number of nitrogens with two attached hydrogens (primary N) is 1. The van der Waals surface area contributed by atoms with Crippen LogP contribution in [0, 0.1) is 12.7 Å². The predicted molar refractivity (Wildman–Crippen MR) is 63.7 cm³/mol. The molecule has 0 aliphatic heterocycles. The molecule has 0 bridgehead atoms. The zero-order valence-electron chi connectivity index (χ0n) is 9.97. The van der Waals surface area contributed by atoms with Crippen molar-refractivity contribution in [3.05, 3.63) is 29.1 Å². The van der Waals surface area contributed by atoms with Gasteiger partial charge in [0.2, 0.25) is 0 Å². The van der Waals surface area contributed by atoms with Crippen molar-refractivity contribution >= 4 is 15.8 Å². The quantitative estimate of drug-likeness (QED) is 0.787. The first kappa shape index (κ1) is 14.6. The van der Waals surface area contributed by atoms with E-state index in [4.69, 9.17) is 10.8 Å². The highest BCUT2D eigenvalue weighted by Crippen LogP contribution is 2.25. The predicted octanol–water partition coefficient (Wildman–Crippen LogP) is 0.665. The van der Waals surface area contributed by atoms with Crippen LogP contribution in [-0.2, 0) is 14.6 Å². The summed E-state index contributed by atoms with van der Waals surface area (Å²) < 4.78 is 36.7. The molecule has 7 heteroatoms. The van der Waals surface area contributed by atoms with Gasteiger partial charge < -0.3 is 10.8 Å². The summed E-state index contributed by atoms with van der Waals surface area (Å²) in [4.78, 5) is 10.8. The summed E-state index contributed by atoms with van der Waals surface area (Å²) in [6, 6.07) is 2.06. The van der Waals surface area contributed by atoms with E-state index in [0.717, 1.165) is 18.4 Å². The minimum absolute atomic E-state index is 0.0846. The molecule has 0 aromatic heterocycles. The van der Waals surface area contributed by atoms with E-state index in [-0.39, 0.29) is 22.6 Å². The summed E-state index contributed by atoms with van der Waals surface area (Å²) in [5.41, 5.74) is 5.30. The van der Waals surface area contributed by atoms with E-state index in [2.05, 4.69) is 0 Å². The topological polar surface area (TPSA) is 97.5 Å². The van der Waals surface area contributed by atoms with Crippen LogP contribution in [0.25, 0.3) is 0 Å². The molecule has 5 nitrogen and oxygen atoms in total. The fourth-order valence-corrected chi connectivity index (χ4v) is 2.68. The molecule has 0 aliphatic carbocycles. The fraction of sp³-hybridized carbons (Fsp3) is 0.364. The SMILES string of the molecule is Cc1cc(F)c(C(CN)C(=O)O)cc1S(C)(=O)=O. The van der Waals surface area contributed by atoms with Crippen molar-refractivity contribution in [2.24, 2.45) is 5.73 Å². The van der Waals surface area contributed by atoms with Gasteiger partial charge in [-0.15, -0.1) is 0 Å². The van der Waals surface area contributed by atoms with Gasteiger partial charge in [-0.3, -0.25) is 4.79 Å². The first-order valence-corrected chi connectivity index (χ1v) is 7.00. The first-order valence-electron chi connectivity index (χ1n) is 5.11. The van der Waals surface area contributed by atoms with E-state index in [1.54, 1.807) is 0 Å². The van der Waals surface area contributed by atoms with Crippen molar-refractivity contribution in [2.45, 2.75) is 17.7 Å². The van der Waals surface area contributed by atoms with Gasteiger partial charge in [0, 0.05) is 18.4 Å². The molecular formula is C11H14FNO4S. The molecule has 0 radical (unpaired) electrons. The Morgan fingerprint density at radius 1 is 1.50 bits per heavy atom. The van der Waals surface area contributed by atoms with Gasteiger partial charge in [-0.05, 0) is 24.6 Å². The van der Waals surface area contributed by atoms with Gasteiger partial charge in [0.15, 0.2) is 9.84 Å². The molecular weight excluding hydrogens is 261 g/mol. The Hall–Kier alpha value is -1.47. The molecule has 1 aromatic carbocycles. The summed E-state index contributed by atoms with van der Waals surface area (Å²) in [5, 5.41) is 8.92. The van der Waals surface area contributed by atoms with Crippen LogP contribution in [0.1, 0.15) is 17.0 Å². The average Bonchev–Trinajstić information content (AvgIpc) is 2.19. The number of sulfone groups is 1. The molecule has 1 aromatic rings. The Kier molecular flexibility index (Phi) is 4.08. The van der Waals surface area contributed by atoms with Crippen molar-refractivity contribution in [3.8, 4) is 0 Å². The van der Waals surface area contributed by atoms with E-state index >= 15 is 0 Å². The number of carboxylic acids is 1. The Morgan fingerprint density at radius 3 is 2.44 bits per heavy atom. The van der Waals surface area contributed by atoms with Crippen molar-refractivity contribution in [1.82, 2.24) is 0 Å². The number of benzene rings is 1. The maximum Gasteiger partial charge on any atom is 0.312 e. The lowest BCUT2D eigenvalue weighted by Gasteiger charge is -2.14. The van der Waals surface area contributed by atoms with Crippen LogP contribution in [0.2, 0.25) is 0 Å². The van der Waals surface area contributed by atoms with Gasteiger partial charge in [-0.25, -0.2) is 12.8 Å². The van der Waals surface area contributed by atoms with E-state index < -0.39 is 27.5 Å². The maximum atomic E-state index is 13.7. The van der Waals surface area contributed by atoms with Crippen molar-refractivity contribution < 1.29 is 22.7 Å². The summed E-state index contributed by atoms with van der Waals surface area (Å²) in [6.45, 7) is 1.14. The molecule has 0 amide bonds. The molecule has 0 spiro atoms. The number of carbonyl (C=O) groups is 1. The Morgan fingerprint density at radius 2 is 2.06 bits per heavy atom. The molecule has 1 rings (SSSR count). The highest BCUT2D eigenvalue weighted by Gasteiger charge is 2.24. The van der Waals surface area contributed by atoms with E-state index in [1.807, 2.05) is 0 Å². The molecule has 0 heterocycles. The van der Waals surface area contributed by atoms with E-state index in [9.17, 15) is 17.6 Å². The monoisotopic (exact) mass is 275 g/mol. The van der Waals surface area contributed by atoms with Crippen LogP contribution >= 0.6 is 0 Å². The van der Waals surface area contributed by atoms with E-state index in [1.165, 1.54) is 6.92 Å². The number of hydrogen-bond acceptors (Lipinski definition) is 4. The number of halogens is 1. The Labute approximate surface area is 104 Å². The summed E-state index contributed by atoms with van der Waals surface area (Å²) in [5.74, 6) is -3.32. The standard InChI is InChI=1S/C11H14FNO4S/c1-6-3-9(12)7(8(5-13)11(14)15)4-10(6)18(2,16)17/h3-4,8H,5,13H2,1-2H3,(H,14,15).